The number of aryl methyl sites for hydroxylation is 1. The number of esters is 1. The van der Waals surface area contributed by atoms with E-state index in [4.69, 9.17) is 21.1 Å². The van der Waals surface area contributed by atoms with Gasteiger partial charge in [0.2, 0.25) is 0 Å². The number of hydrogen-bond donors (Lipinski definition) is 0. The zero-order chi connectivity index (χ0) is 21.1. The number of halogens is 1. The van der Waals surface area contributed by atoms with Crippen molar-refractivity contribution in [2.24, 2.45) is 0 Å². The third-order valence-corrected chi connectivity index (χ3v) is 5.15. The molecule has 154 valence electrons. The average Bonchev–Trinajstić information content (AvgIpc) is 3.20. The van der Waals surface area contributed by atoms with Crippen LogP contribution in [0.3, 0.4) is 0 Å². The number of fused-ring (bicyclic) bond motifs is 1. The molecule has 0 aromatic heterocycles. The molecule has 2 aromatic carbocycles. The molecule has 9 heteroatoms. The lowest BCUT2D eigenvalue weighted by Gasteiger charge is -2.22. The van der Waals surface area contributed by atoms with Crippen molar-refractivity contribution in [2.75, 3.05) is 26.1 Å². The van der Waals surface area contributed by atoms with Crippen molar-refractivity contribution >= 4 is 39.9 Å². The highest BCUT2D eigenvalue weighted by molar-refractivity contribution is 6.18. The van der Waals surface area contributed by atoms with E-state index in [0.29, 0.717) is 48.4 Å². The second-order valence-corrected chi connectivity index (χ2v) is 7.19. The molecule has 0 spiro atoms. The van der Waals surface area contributed by atoms with E-state index < -0.39 is 22.8 Å². The largest absolute Gasteiger partial charge is 0.492 e. The Kier molecular flexibility index (Phi) is 6.22. The fourth-order valence-electron chi connectivity index (χ4n) is 3.60. The first-order chi connectivity index (χ1) is 13.9. The van der Waals surface area contributed by atoms with Crippen LogP contribution >= 0.6 is 11.6 Å². The number of rotatable bonds is 6. The number of carbonyl (C=O) groups is 2. The Morgan fingerprint density at radius 1 is 1.28 bits per heavy atom. The second kappa shape index (κ2) is 8.65. The van der Waals surface area contributed by atoms with Crippen LogP contribution in [-0.2, 0) is 9.53 Å². The number of nitro groups is 1. The molecule has 1 atom stereocenters. The standard InChI is InChI=1S/C20H21ClN2O6/c1-12-8-13-10-17(23(26)27)15(9-14(13)11-18(12)29-7-5-21)19(24)22-6-3-4-16(22)20(25)28-2/h8-11,16H,3-7H2,1-2H3/t16-/m0/s1. The number of likely N-dealkylation sites (tertiary alicyclic amines) is 1. The Labute approximate surface area is 172 Å². The number of hydrogen-bond acceptors (Lipinski definition) is 6. The normalized spacial score (nSPS) is 16.1. The third kappa shape index (κ3) is 4.12. The number of alkyl halides is 1. The Bertz CT molecular complexity index is 977. The molecule has 0 N–H and O–H groups in total. The lowest BCUT2D eigenvalue weighted by molar-refractivity contribution is -0.385. The summed E-state index contributed by atoms with van der Waals surface area (Å²) in [7, 11) is 1.26. The summed E-state index contributed by atoms with van der Waals surface area (Å²) >= 11 is 5.68. The van der Waals surface area contributed by atoms with Crippen LogP contribution in [-0.4, -0.2) is 53.9 Å². The molecule has 0 radical (unpaired) electrons. The van der Waals surface area contributed by atoms with Crippen molar-refractivity contribution in [1.82, 2.24) is 4.90 Å². The molecular weight excluding hydrogens is 400 g/mol. The maximum absolute atomic E-state index is 13.1. The number of nitrogens with zero attached hydrogens (tertiary/aromatic N) is 2. The first-order valence-corrected chi connectivity index (χ1v) is 9.71. The quantitative estimate of drug-likeness (QED) is 0.307. The van der Waals surface area contributed by atoms with Gasteiger partial charge in [-0.1, -0.05) is 0 Å². The van der Waals surface area contributed by atoms with Crippen LogP contribution in [0.25, 0.3) is 10.8 Å². The highest BCUT2D eigenvalue weighted by Gasteiger charge is 2.37. The number of carbonyl (C=O) groups excluding carboxylic acids is 2. The number of amides is 1. The van der Waals surface area contributed by atoms with E-state index >= 15 is 0 Å². The fourth-order valence-corrected chi connectivity index (χ4v) is 3.68. The molecular formula is C20H21ClN2O6. The molecule has 1 fully saturated rings. The van der Waals surface area contributed by atoms with E-state index in [1.54, 1.807) is 12.1 Å². The van der Waals surface area contributed by atoms with E-state index in [-0.39, 0.29) is 11.3 Å². The molecule has 1 saturated heterocycles. The maximum Gasteiger partial charge on any atom is 0.328 e. The van der Waals surface area contributed by atoms with Crippen molar-refractivity contribution in [2.45, 2.75) is 25.8 Å². The van der Waals surface area contributed by atoms with E-state index in [0.717, 1.165) is 5.56 Å². The molecule has 1 aliphatic heterocycles. The van der Waals surface area contributed by atoms with Gasteiger partial charge in [0, 0.05) is 12.6 Å². The van der Waals surface area contributed by atoms with Gasteiger partial charge in [0.05, 0.1) is 17.9 Å². The Morgan fingerprint density at radius 3 is 2.66 bits per heavy atom. The Hall–Kier alpha value is -2.87. The molecule has 1 aliphatic rings. The van der Waals surface area contributed by atoms with Gasteiger partial charge in [-0.15, -0.1) is 11.6 Å². The molecule has 3 rings (SSSR count). The second-order valence-electron chi connectivity index (χ2n) is 6.81. The Balaban J connectivity index is 2.08. The van der Waals surface area contributed by atoms with Crippen LogP contribution in [0.1, 0.15) is 28.8 Å². The molecule has 0 bridgehead atoms. The highest BCUT2D eigenvalue weighted by atomic mass is 35.5. The molecule has 29 heavy (non-hydrogen) atoms. The number of nitro benzene ring substituents is 1. The predicted octanol–water partition coefficient (Wildman–Crippen LogP) is 3.45. The summed E-state index contributed by atoms with van der Waals surface area (Å²) in [5, 5.41) is 12.9. The summed E-state index contributed by atoms with van der Waals surface area (Å²) in [5.74, 6) is -0.160. The summed E-state index contributed by atoms with van der Waals surface area (Å²) in [5.41, 5.74) is 0.443. The van der Waals surface area contributed by atoms with Crippen LogP contribution < -0.4 is 4.74 Å². The first kappa shape index (κ1) is 20.9. The minimum Gasteiger partial charge on any atom is -0.492 e. The molecule has 8 nitrogen and oxygen atoms in total. The zero-order valence-electron chi connectivity index (χ0n) is 16.1. The lowest BCUT2D eigenvalue weighted by Crippen LogP contribution is -2.41. The van der Waals surface area contributed by atoms with Gasteiger partial charge in [-0.05, 0) is 54.3 Å². The van der Waals surface area contributed by atoms with Crippen LogP contribution in [0.4, 0.5) is 5.69 Å². The first-order valence-electron chi connectivity index (χ1n) is 9.17. The average molecular weight is 421 g/mol. The van der Waals surface area contributed by atoms with E-state index in [1.165, 1.54) is 24.1 Å². The van der Waals surface area contributed by atoms with Gasteiger partial charge in [0.15, 0.2) is 0 Å². The molecule has 1 heterocycles. The van der Waals surface area contributed by atoms with Crippen molar-refractivity contribution < 1.29 is 24.0 Å². The van der Waals surface area contributed by atoms with Crippen LogP contribution in [0, 0.1) is 17.0 Å². The zero-order valence-corrected chi connectivity index (χ0v) is 16.9. The van der Waals surface area contributed by atoms with E-state index in [1.807, 2.05) is 6.92 Å². The third-order valence-electron chi connectivity index (χ3n) is 5.00. The predicted molar refractivity (Wildman–Crippen MR) is 108 cm³/mol. The number of ether oxygens (including phenoxy) is 2. The van der Waals surface area contributed by atoms with E-state index in [9.17, 15) is 19.7 Å². The summed E-state index contributed by atoms with van der Waals surface area (Å²) in [6, 6.07) is 5.63. The summed E-state index contributed by atoms with van der Waals surface area (Å²) in [4.78, 5) is 37.6. The van der Waals surface area contributed by atoms with Crippen molar-refractivity contribution in [3.05, 3.63) is 45.5 Å². The van der Waals surface area contributed by atoms with E-state index in [2.05, 4.69) is 0 Å². The van der Waals surface area contributed by atoms with Crippen molar-refractivity contribution in [3.8, 4) is 5.75 Å². The lowest BCUT2D eigenvalue weighted by atomic mass is 10.0. The van der Waals surface area contributed by atoms with Crippen LogP contribution in [0.2, 0.25) is 0 Å². The van der Waals surface area contributed by atoms with Gasteiger partial charge in [-0.25, -0.2) is 4.79 Å². The van der Waals surface area contributed by atoms with Gasteiger partial charge >= 0.3 is 5.97 Å². The monoisotopic (exact) mass is 420 g/mol. The topological polar surface area (TPSA) is 99.0 Å². The molecule has 0 aliphatic carbocycles. The van der Waals surface area contributed by atoms with Gasteiger partial charge in [-0.3, -0.25) is 14.9 Å². The Morgan fingerprint density at radius 2 is 2.00 bits per heavy atom. The fraction of sp³-hybridized carbons (Fsp3) is 0.400. The molecule has 0 saturated carbocycles. The summed E-state index contributed by atoms with van der Waals surface area (Å²) < 4.78 is 10.4. The molecule has 2 aromatic rings. The number of benzene rings is 2. The maximum atomic E-state index is 13.1. The van der Waals surface area contributed by atoms with Gasteiger partial charge < -0.3 is 14.4 Å². The van der Waals surface area contributed by atoms with Gasteiger partial charge in [-0.2, -0.15) is 0 Å². The summed E-state index contributed by atoms with van der Waals surface area (Å²) in [6.07, 6.45) is 1.10. The van der Waals surface area contributed by atoms with Crippen molar-refractivity contribution in [1.29, 1.82) is 0 Å². The minimum absolute atomic E-state index is 0.0644. The SMILES string of the molecule is COC(=O)[C@@H]1CCCN1C(=O)c1cc2cc(OCCCl)c(C)cc2cc1[N+](=O)[O-]. The van der Waals surface area contributed by atoms with Crippen molar-refractivity contribution in [3.63, 3.8) is 0 Å². The molecule has 0 unspecified atom stereocenters. The highest BCUT2D eigenvalue weighted by Crippen LogP contribution is 2.33. The summed E-state index contributed by atoms with van der Waals surface area (Å²) in [6.45, 7) is 2.49. The van der Waals surface area contributed by atoms with Crippen LogP contribution in [0.15, 0.2) is 24.3 Å². The van der Waals surface area contributed by atoms with Crippen LogP contribution in [0.5, 0.6) is 5.75 Å². The van der Waals surface area contributed by atoms with Gasteiger partial charge in [0.1, 0.15) is 24.0 Å². The smallest absolute Gasteiger partial charge is 0.328 e. The number of methoxy groups -OCH3 is 1. The minimum atomic E-state index is -0.733. The van der Waals surface area contributed by atoms with Gasteiger partial charge in [0.25, 0.3) is 11.6 Å². The molecule has 1 amide bonds.